The van der Waals surface area contributed by atoms with E-state index in [1.807, 2.05) is 34.5 Å². The molecule has 0 radical (unpaired) electrons. The Morgan fingerprint density at radius 2 is 2.04 bits per heavy atom. The molecular formula is C18H20N2O3S. The highest BCUT2D eigenvalue weighted by Crippen LogP contribution is 2.24. The number of para-hydroxylation sites is 1. The van der Waals surface area contributed by atoms with Crippen molar-refractivity contribution >= 4 is 23.0 Å². The number of ketones is 1. The molecule has 1 saturated heterocycles. The van der Waals surface area contributed by atoms with Gasteiger partial charge in [0.15, 0.2) is 10.8 Å². The van der Waals surface area contributed by atoms with Gasteiger partial charge in [-0.25, -0.2) is 4.98 Å². The molecule has 0 spiro atoms. The second-order valence-corrected chi connectivity index (χ2v) is 6.74. The van der Waals surface area contributed by atoms with Gasteiger partial charge in [-0.15, -0.1) is 11.3 Å². The lowest BCUT2D eigenvalue weighted by Crippen LogP contribution is -2.41. The van der Waals surface area contributed by atoms with Gasteiger partial charge in [0, 0.05) is 36.1 Å². The summed E-state index contributed by atoms with van der Waals surface area (Å²) >= 11 is 1.38. The van der Waals surface area contributed by atoms with Crippen LogP contribution in [0.2, 0.25) is 0 Å². The van der Waals surface area contributed by atoms with Gasteiger partial charge in [0.05, 0.1) is 13.5 Å². The second kappa shape index (κ2) is 7.57. The lowest BCUT2D eigenvalue weighted by Gasteiger charge is -2.31. The van der Waals surface area contributed by atoms with Crippen molar-refractivity contribution in [1.29, 1.82) is 0 Å². The van der Waals surface area contributed by atoms with E-state index in [2.05, 4.69) is 4.98 Å². The molecule has 0 unspecified atom stereocenters. The van der Waals surface area contributed by atoms with E-state index in [4.69, 9.17) is 4.74 Å². The minimum atomic E-state index is -0.0218. The van der Waals surface area contributed by atoms with Crippen LogP contribution in [-0.2, 0) is 11.2 Å². The van der Waals surface area contributed by atoms with Gasteiger partial charge in [-0.2, -0.15) is 0 Å². The number of hydrogen-bond acceptors (Lipinski definition) is 5. The number of carbonyl (C=O) groups excluding carboxylic acids is 2. The van der Waals surface area contributed by atoms with Crippen LogP contribution in [0.25, 0.3) is 0 Å². The molecule has 1 amide bonds. The maximum absolute atomic E-state index is 12.5. The largest absolute Gasteiger partial charge is 0.496 e. The molecule has 0 atom stereocenters. The predicted octanol–water partition coefficient (Wildman–Crippen LogP) is 2.82. The average Bonchev–Trinajstić information content (AvgIpc) is 3.16. The highest BCUT2D eigenvalue weighted by Gasteiger charge is 2.29. The van der Waals surface area contributed by atoms with Crippen LogP contribution in [0.1, 0.15) is 28.2 Å². The quantitative estimate of drug-likeness (QED) is 0.783. The third kappa shape index (κ3) is 3.64. The molecule has 126 valence electrons. The molecule has 2 aromatic rings. The molecule has 1 aliphatic rings. The Morgan fingerprint density at radius 1 is 1.29 bits per heavy atom. The van der Waals surface area contributed by atoms with Crippen molar-refractivity contribution in [3.8, 4) is 5.75 Å². The molecular weight excluding hydrogens is 324 g/mol. The number of thiazole rings is 1. The number of benzene rings is 1. The molecule has 1 fully saturated rings. The smallest absolute Gasteiger partial charge is 0.227 e. The highest BCUT2D eigenvalue weighted by atomic mass is 32.1. The van der Waals surface area contributed by atoms with Crippen LogP contribution < -0.4 is 4.74 Å². The second-order valence-electron chi connectivity index (χ2n) is 5.85. The Kier molecular flexibility index (Phi) is 5.25. The Hall–Kier alpha value is -2.21. The van der Waals surface area contributed by atoms with Gasteiger partial charge in [-0.1, -0.05) is 18.2 Å². The van der Waals surface area contributed by atoms with E-state index in [0.29, 0.717) is 37.4 Å². The maximum atomic E-state index is 12.5. The number of carbonyl (C=O) groups is 2. The summed E-state index contributed by atoms with van der Waals surface area (Å²) in [6.07, 6.45) is 3.39. The maximum Gasteiger partial charge on any atom is 0.227 e. The van der Waals surface area contributed by atoms with Crippen LogP contribution in [0, 0.1) is 5.92 Å². The molecule has 1 aromatic heterocycles. The summed E-state index contributed by atoms with van der Waals surface area (Å²) in [6, 6.07) is 7.57. The molecule has 3 rings (SSSR count). The fourth-order valence-corrected chi connectivity index (χ4v) is 3.69. The summed E-state index contributed by atoms with van der Waals surface area (Å²) in [6.45, 7) is 1.24. The fourth-order valence-electron chi connectivity index (χ4n) is 3.03. The zero-order valence-electron chi connectivity index (χ0n) is 13.6. The Morgan fingerprint density at radius 3 is 2.71 bits per heavy atom. The first kappa shape index (κ1) is 16.6. The normalized spacial score (nSPS) is 15.3. The number of ether oxygens (including phenoxy) is 1. The zero-order valence-corrected chi connectivity index (χ0v) is 14.4. The van der Waals surface area contributed by atoms with Gasteiger partial charge in [-0.3, -0.25) is 9.59 Å². The van der Waals surface area contributed by atoms with Crippen molar-refractivity contribution in [3.63, 3.8) is 0 Å². The van der Waals surface area contributed by atoms with Crippen molar-refractivity contribution in [1.82, 2.24) is 9.88 Å². The van der Waals surface area contributed by atoms with E-state index in [-0.39, 0.29) is 17.6 Å². The summed E-state index contributed by atoms with van der Waals surface area (Å²) in [5.41, 5.74) is 0.894. The number of hydrogen-bond donors (Lipinski definition) is 0. The Labute approximate surface area is 145 Å². The topological polar surface area (TPSA) is 59.5 Å². The number of nitrogens with zero attached hydrogens (tertiary/aromatic N) is 2. The summed E-state index contributed by atoms with van der Waals surface area (Å²) in [5.74, 6) is 0.910. The van der Waals surface area contributed by atoms with Crippen LogP contribution in [0.15, 0.2) is 35.8 Å². The van der Waals surface area contributed by atoms with Crippen molar-refractivity contribution in [2.75, 3.05) is 20.2 Å². The number of rotatable bonds is 5. The Balaban J connectivity index is 1.56. The van der Waals surface area contributed by atoms with Crippen LogP contribution in [-0.4, -0.2) is 41.8 Å². The van der Waals surface area contributed by atoms with Crippen molar-refractivity contribution in [2.24, 2.45) is 5.92 Å². The predicted molar refractivity (Wildman–Crippen MR) is 92.4 cm³/mol. The molecule has 24 heavy (non-hydrogen) atoms. The summed E-state index contributed by atoms with van der Waals surface area (Å²) in [5, 5.41) is 2.40. The first-order valence-corrected chi connectivity index (χ1v) is 8.90. The summed E-state index contributed by atoms with van der Waals surface area (Å²) < 4.78 is 5.30. The van der Waals surface area contributed by atoms with Crippen molar-refractivity contribution < 1.29 is 14.3 Å². The minimum absolute atomic E-state index is 0.0218. The number of Topliss-reactive ketones (excluding diaryl/α,β-unsaturated/α-hetero) is 1. The van der Waals surface area contributed by atoms with E-state index in [9.17, 15) is 9.59 Å². The van der Waals surface area contributed by atoms with Gasteiger partial charge >= 0.3 is 0 Å². The number of amides is 1. The van der Waals surface area contributed by atoms with Gasteiger partial charge < -0.3 is 9.64 Å². The van der Waals surface area contributed by atoms with Crippen LogP contribution >= 0.6 is 11.3 Å². The third-order valence-corrected chi connectivity index (χ3v) is 5.18. The molecule has 0 aliphatic carbocycles. The molecule has 1 aliphatic heterocycles. The van der Waals surface area contributed by atoms with Crippen LogP contribution in [0.3, 0.4) is 0 Å². The van der Waals surface area contributed by atoms with Gasteiger partial charge in [0.1, 0.15) is 5.75 Å². The lowest BCUT2D eigenvalue weighted by molar-refractivity contribution is -0.131. The summed E-state index contributed by atoms with van der Waals surface area (Å²) in [7, 11) is 1.61. The van der Waals surface area contributed by atoms with Gasteiger partial charge in [-0.05, 0) is 18.9 Å². The lowest BCUT2D eigenvalue weighted by atomic mass is 9.92. The SMILES string of the molecule is COc1ccccc1CC(=O)N1CCC(C(=O)c2nccs2)CC1. The van der Waals surface area contributed by atoms with E-state index in [1.165, 1.54) is 11.3 Å². The van der Waals surface area contributed by atoms with Crippen LogP contribution in [0.5, 0.6) is 5.75 Å². The Bertz CT molecular complexity index is 707. The van der Waals surface area contributed by atoms with E-state index < -0.39 is 0 Å². The minimum Gasteiger partial charge on any atom is -0.496 e. The summed E-state index contributed by atoms with van der Waals surface area (Å²) in [4.78, 5) is 30.8. The van der Waals surface area contributed by atoms with E-state index in [0.717, 1.165) is 11.3 Å². The van der Waals surface area contributed by atoms with Crippen LogP contribution in [0.4, 0.5) is 0 Å². The van der Waals surface area contributed by atoms with Crippen molar-refractivity contribution in [2.45, 2.75) is 19.3 Å². The van der Waals surface area contributed by atoms with E-state index in [1.54, 1.807) is 13.3 Å². The molecule has 0 N–H and O–H groups in total. The molecule has 0 saturated carbocycles. The van der Waals surface area contributed by atoms with Gasteiger partial charge in [0.2, 0.25) is 5.91 Å². The molecule has 5 nitrogen and oxygen atoms in total. The molecule has 6 heteroatoms. The first-order valence-electron chi connectivity index (χ1n) is 8.02. The average molecular weight is 344 g/mol. The first-order chi connectivity index (χ1) is 11.7. The van der Waals surface area contributed by atoms with Crippen molar-refractivity contribution in [3.05, 3.63) is 46.4 Å². The monoisotopic (exact) mass is 344 g/mol. The van der Waals surface area contributed by atoms with Gasteiger partial charge in [0.25, 0.3) is 0 Å². The number of methoxy groups -OCH3 is 1. The fraction of sp³-hybridized carbons (Fsp3) is 0.389. The number of piperidine rings is 1. The van der Waals surface area contributed by atoms with E-state index >= 15 is 0 Å². The number of aromatic nitrogens is 1. The molecule has 0 bridgehead atoms. The third-order valence-electron chi connectivity index (χ3n) is 4.40. The molecule has 2 heterocycles. The standard InChI is InChI=1S/C18H20N2O3S/c1-23-15-5-3-2-4-14(15)12-16(21)20-9-6-13(7-10-20)17(22)18-19-8-11-24-18/h2-5,8,11,13H,6-7,9-10,12H2,1H3. The zero-order chi connectivity index (χ0) is 16.9. The number of likely N-dealkylation sites (tertiary alicyclic amines) is 1. The highest BCUT2D eigenvalue weighted by molar-refractivity contribution is 7.11. The molecule has 1 aromatic carbocycles.